The average Bonchev–Trinajstić information content (AvgIpc) is 2.40. The van der Waals surface area contributed by atoms with E-state index in [2.05, 4.69) is 25.6 Å². The van der Waals surface area contributed by atoms with E-state index in [1.165, 1.54) is 0 Å². The molecule has 2 amide bonds. The maximum Gasteiger partial charge on any atom is 0.320 e. The zero-order chi connectivity index (χ0) is 12.8. The molecule has 2 aromatic heterocycles. The molecular weight excluding hydrogens is 230 g/mol. The van der Waals surface area contributed by atoms with E-state index in [0.717, 1.165) is 5.56 Å². The smallest absolute Gasteiger partial charge is 0.320 e. The molecule has 6 heteroatoms. The van der Waals surface area contributed by atoms with Crippen LogP contribution in [0.1, 0.15) is 6.92 Å². The highest BCUT2D eigenvalue weighted by atomic mass is 16.2. The number of aromatic nitrogens is 3. The summed E-state index contributed by atoms with van der Waals surface area (Å²) in [6, 6.07) is 4.98. The molecule has 0 radical (unpaired) electrons. The third kappa shape index (κ3) is 3.00. The number of anilines is 1. The van der Waals surface area contributed by atoms with Crippen molar-refractivity contribution in [2.75, 3.05) is 11.9 Å². The lowest BCUT2D eigenvalue weighted by atomic mass is 10.2. The van der Waals surface area contributed by atoms with Crippen molar-refractivity contribution in [3.63, 3.8) is 0 Å². The van der Waals surface area contributed by atoms with E-state index < -0.39 is 0 Å². The number of urea groups is 1. The number of amides is 2. The molecule has 2 aromatic rings. The Bertz CT molecular complexity index is 529. The van der Waals surface area contributed by atoms with Crippen LogP contribution in [-0.4, -0.2) is 27.5 Å². The van der Waals surface area contributed by atoms with Gasteiger partial charge in [-0.2, -0.15) is 0 Å². The van der Waals surface area contributed by atoms with E-state index in [1.54, 1.807) is 24.7 Å². The lowest BCUT2D eigenvalue weighted by molar-refractivity contribution is 0.252. The molecule has 0 aliphatic rings. The van der Waals surface area contributed by atoms with Crippen molar-refractivity contribution in [2.45, 2.75) is 6.92 Å². The fourth-order valence-corrected chi connectivity index (χ4v) is 1.39. The first kappa shape index (κ1) is 12.0. The summed E-state index contributed by atoms with van der Waals surface area (Å²) < 4.78 is 0. The van der Waals surface area contributed by atoms with Crippen molar-refractivity contribution in [1.29, 1.82) is 0 Å². The molecular formula is C12H13N5O. The second-order valence-corrected chi connectivity index (χ2v) is 3.49. The van der Waals surface area contributed by atoms with E-state index in [0.29, 0.717) is 18.2 Å². The first-order valence-corrected chi connectivity index (χ1v) is 5.58. The molecule has 0 unspecified atom stereocenters. The third-order valence-corrected chi connectivity index (χ3v) is 2.17. The van der Waals surface area contributed by atoms with E-state index in [9.17, 15) is 4.79 Å². The SMILES string of the molecule is CCNC(=O)Nc1ccnc(-c2ccncc2)n1. The van der Waals surface area contributed by atoms with Crippen LogP contribution in [0.15, 0.2) is 36.8 Å². The van der Waals surface area contributed by atoms with Gasteiger partial charge in [0.25, 0.3) is 0 Å². The van der Waals surface area contributed by atoms with Crippen molar-refractivity contribution in [3.05, 3.63) is 36.8 Å². The Morgan fingerprint density at radius 2 is 2.00 bits per heavy atom. The van der Waals surface area contributed by atoms with Crippen LogP contribution in [-0.2, 0) is 0 Å². The molecule has 2 heterocycles. The molecule has 0 spiro atoms. The number of rotatable bonds is 3. The maximum atomic E-state index is 11.4. The van der Waals surface area contributed by atoms with Crippen LogP contribution < -0.4 is 10.6 Å². The Kier molecular flexibility index (Phi) is 3.80. The van der Waals surface area contributed by atoms with Crippen LogP contribution in [0, 0.1) is 0 Å². The third-order valence-electron chi connectivity index (χ3n) is 2.17. The Hall–Kier alpha value is -2.50. The molecule has 0 aliphatic carbocycles. The second kappa shape index (κ2) is 5.72. The summed E-state index contributed by atoms with van der Waals surface area (Å²) in [7, 11) is 0. The molecule has 2 rings (SSSR count). The molecule has 0 saturated heterocycles. The van der Waals surface area contributed by atoms with Crippen molar-refractivity contribution >= 4 is 11.8 Å². The van der Waals surface area contributed by atoms with Gasteiger partial charge in [-0.25, -0.2) is 14.8 Å². The van der Waals surface area contributed by atoms with E-state index in [1.807, 2.05) is 19.1 Å². The highest BCUT2D eigenvalue weighted by Crippen LogP contribution is 2.14. The van der Waals surface area contributed by atoms with Gasteiger partial charge in [0, 0.05) is 30.7 Å². The minimum absolute atomic E-state index is 0.281. The first-order valence-electron chi connectivity index (χ1n) is 5.58. The van der Waals surface area contributed by atoms with E-state index in [4.69, 9.17) is 0 Å². The van der Waals surface area contributed by atoms with Crippen molar-refractivity contribution < 1.29 is 4.79 Å². The number of nitrogens with one attached hydrogen (secondary N) is 2. The van der Waals surface area contributed by atoms with Gasteiger partial charge in [-0.1, -0.05) is 0 Å². The van der Waals surface area contributed by atoms with Crippen LogP contribution >= 0.6 is 0 Å². The summed E-state index contributed by atoms with van der Waals surface area (Å²) >= 11 is 0. The summed E-state index contributed by atoms with van der Waals surface area (Å²) in [5, 5.41) is 5.27. The van der Waals surface area contributed by atoms with Crippen LogP contribution in [0.3, 0.4) is 0 Å². The minimum Gasteiger partial charge on any atom is -0.338 e. The molecule has 18 heavy (non-hydrogen) atoms. The summed E-state index contributed by atoms with van der Waals surface area (Å²) in [5.41, 5.74) is 0.851. The van der Waals surface area contributed by atoms with Crippen LogP contribution in [0.4, 0.5) is 10.6 Å². The molecule has 0 aliphatic heterocycles. The zero-order valence-corrected chi connectivity index (χ0v) is 9.92. The van der Waals surface area contributed by atoms with Crippen molar-refractivity contribution in [1.82, 2.24) is 20.3 Å². The first-order chi connectivity index (χ1) is 8.79. The Morgan fingerprint density at radius 3 is 2.72 bits per heavy atom. The number of carbonyl (C=O) groups excluding carboxylic acids is 1. The van der Waals surface area contributed by atoms with Gasteiger partial charge in [0.2, 0.25) is 0 Å². The average molecular weight is 243 g/mol. The highest BCUT2D eigenvalue weighted by Gasteiger charge is 2.04. The number of hydrogen-bond acceptors (Lipinski definition) is 4. The summed E-state index contributed by atoms with van der Waals surface area (Å²) in [6.07, 6.45) is 4.94. The van der Waals surface area contributed by atoms with Gasteiger partial charge in [-0.15, -0.1) is 0 Å². The Labute approximate surface area is 105 Å². The van der Waals surface area contributed by atoms with Crippen molar-refractivity contribution in [2.24, 2.45) is 0 Å². The molecule has 0 atom stereocenters. The summed E-state index contributed by atoms with van der Waals surface area (Å²) in [5.74, 6) is 1.01. The maximum absolute atomic E-state index is 11.4. The van der Waals surface area contributed by atoms with Gasteiger partial charge < -0.3 is 5.32 Å². The number of carbonyl (C=O) groups is 1. The van der Waals surface area contributed by atoms with Crippen molar-refractivity contribution in [3.8, 4) is 11.4 Å². The van der Waals surface area contributed by atoms with Crippen LogP contribution in [0.2, 0.25) is 0 Å². The Morgan fingerprint density at radius 1 is 1.22 bits per heavy atom. The quantitative estimate of drug-likeness (QED) is 0.859. The van der Waals surface area contributed by atoms with Gasteiger partial charge >= 0.3 is 6.03 Å². The fraction of sp³-hybridized carbons (Fsp3) is 0.167. The number of nitrogens with zero attached hydrogens (tertiary/aromatic N) is 3. The van der Waals surface area contributed by atoms with Gasteiger partial charge in [0.1, 0.15) is 5.82 Å². The molecule has 0 aromatic carbocycles. The van der Waals surface area contributed by atoms with Gasteiger partial charge in [0.05, 0.1) is 0 Å². The van der Waals surface area contributed by atoms with E-state index >= 15 is 0 Å². The second-order valence-electron chi connectivity index (χ2n) is 3.49. The summed E-state index contributed by atoms with van der Waals surface area (Å²) in [6.45, 7) is 2.41. The van der Waals surface area contributed by atoms with Crippen LogP contribution in [0.5, 0.6) is 0 Å². The predicted molar refractivity (Wildman–Crippen MR) is 68.0 cm³/mol. The molecule has 0 saturated carbocycles. The molecule has 6 nitrogen and oxygen atoms in total. The molecule has 92 valence electrons. The van der Waals surface area contributed by atoms with Gasteiger partial charge in [-0.3, -0.25) is 10.3 Å². The van der Waals surface area contributed by atoms with Crippen LogP contribution in [0.25, 0.3) is 11.4 Å². The Balaban J connectivity index is 2.18. The van der Waals surface area contributed by atoms with Gasteiger partial charge in [-0.05, 0) is 25.1 Å². The zero-order valence-electron chi connectivity index (χ0n) is 9.92. The topological polar surface area (TPSA) is 79.8 Å². The molecule has 0 fully saturated rings. The normalized spacial score (nSPS) is 9.83. The predicted octanol–water partition coefficient (Wildman–Crippen LogP) is 1.68. The number of hydrogen-bond donors (Lipinski definition) is 2. The summed E-state index contributed by atoms with van der Waals surface area (Å²) in [4.78, 5) is 23.7. The number of pyridine rings is 1. The molecule has 2 N–H and O–H groups in total. The standard InChI is InChI=1S/C12H13N5O/c1-2-14-12(18)17-10-5-8-15-11(16-10)9-3-6-13-7-4-9/h3-8H,2H2,1H3,(H2,14,15,16,17,18). The minimum atomic E-state index is -0.281. The largest absolute Gasteiger partial charge is 0.338 e. The molecule has 0 bridgehead atoms. The van der Waals surface area contributed by atoms with E-state index in [-0.39, 0.29) is 6.03 Å². The monoisotopic (exact) mass is 243 g/mol. The fourth-order valence-electron chi connectivity index (χ4n) is 1.39. The highest BCUT2D eigenvalue weighted by molar-refractivity contribution is 5.88. The van der Waals surface area contributed by atoms with Gasteiger partial charge in [0.15, 0.2) is 5.82 Å². The lowest BCUT2D eigenvalue weighted by Gasteiger charge is -2.06. The lowest BCUT2D eigenvalue weighted by Crippen LogP contribution is -2.28.